The predicted octanol–water partition coefficient (Wildman–Crippen LogP) is 3.21. The molecule has 3 fully saturated rings. The molecule has 0 spiro atoms. The third kappa shape index (κ3) is 2.54. The second-order valence-corrected chi connectivity index (χ2v) is 8.23. The Labute approximate surface area is 166 Å². The molecule has 0 radical (unpaired) electrons. The number of halogens is 2. The first-order chi connectivity index (χ1) is 12.9. The molecular formula is C19H17Cl2N3O3. The van der Waals surface area contributed by atoms with Crippen molar-refractivity contribution in [3.05, 3.63) is 45.6 Å². The first-order valence-electron chi connectivity index (χ1n) is 8.95. The minimum atomic E-state index is -0.354. The van der Waals surface area contributed by atoms with E-state index in [9.17, 15) is 9.59 Å². The Balaban J connectivity index is 1.44. The molecule has 0 saturated carbocycles. The number of hydrogen-bond acceptors (Lipinski definition) is 4. The van der Waals surface area contributed by atoms with Crippen molar-refractivity contribution in [2.75, 3.05) is 4.90 Å². The van der Waals surface area contributed by atoms with Gasteiger partial charge in [-0.3, -0.25) is 14.3 Å². The molecule has 3 saturated heterocycles. The summed E-state index contributed by atoms with van der Waals surface area (Å²) < 4.78 is 7.52. The standard InChI is InChI=1S/C19H17Cl2N3O3/c1-9-6-15(22-23(9)8-10-2-3-11(20)7-12(10)21)24-18(25)16-13-4-5-14(27-13)17(16)19(24)26/h2-3,6-7,13-14,16-17H,4-5,8H2,1H3/t13-,14-,16-,17-/m0/s1. The van der Waals surface area contributed by atoms with Gasteiger partial charge in [0.25, 0.3) is 0 Å². The summed E-state index contributed by atoms with van der Waals surface area (Å²) in [4.78, 5) is 27.0. The lowest BCUT2D eigenvalue weighted by molar-refractivity contribution is -0.124. The van der Waals surface area contributed by atoms with Gasteiger partial charge < -0.3 is 4.74 Å². The van der Waals surface area contributed by atoms with Crippen molar-refractivity contribution in [3.63, 3.8) is 0 Å². The average Bonchev–Trinajstić information content (AvgIpc) is 3.35. The molecule has 3 aliphatic rings. The van der Waals surface area contributed by atoms with Gasteiger partial charge in [0, 0.05) is 21.8 Å². The molecular weight excluding hydrogens is 389 g/mol. The Kier molecular flexibility index (Phi) is 3.86. The van der Waals surface area contributed by atoms with Crippen LogP contribution in [0.1, 0.15) is 24.1 Å². The molecule has 6 nitrogen and oxygen atoms in total. The van der Waals surface area contributed by atoms with Gasteiger partial charge in [0.2, 0.25) is 11.8 Å². The summed E-state index contributed by atoms with van der Waals surface area (Å²) in [6.07, 6.45) is 1.44. The third-order valence-corrected chi connectivity index (χ3v) is 6.40. The van der Waals surface area contributed by atoms with E-state index in [-0.39, 0.29) is 35.9 Å². The van der Waals surface area contributed by atoms with Crippen LogP contribution in [0.5, 0.6) is 0 Å². The molecule has 2 aromatic rings. The number of imide groups is 1. The van der Waals surface area contributed by atoms with Crippen molar-refractivity contribution < 1.29 is 14.3 Å². The molecule has 2 amide bonds. The summed E-state index contributed by atoms with van der Waals surface area (Å²) >= 11 is 12.2. The molecule has 140 valence electrons. The highest BCUT2D eigenvalue weighted by molar-refractivity contribution is 6.35. The van der Waals surface area contributed by atoms with Gasteiger partial charge in [0.05, 0.1) is 30.6 Å². The Morgan fingerprint density at radius 1 is 1.11 bits per heavy atom. The number of aryl methyl sites for hydroxylation is 1. The number of carbonyl (C=O) groups excluding carboxylic acids is 2. The maximum atomic E-state index is 12.9. The van der Waals surface area contributed by atoms with Crippen LogP contribution in [-0.2, 0) is 20.9 Å². The van der Waals surface area contributed by atoms with Gasteiger partial charge in [-0.2, -0.15) is 5.10 Å². The van der Waals surface area contributed by atoms with E-state index >= 15 is 0 Å². The van der Waals surface area contributed by atoms with Crippen molar-refractivity contribution in [2.24, 2.45) is 11.8 Å². The number of rotatable bonds is 3. The molecule has 5 rings (SSSR count). The van der Waals surface area contributed by atoms with Gasteiger partial charge >= 0.3 is 0 Å². The number of amides is 2. The van der Waals surface area contributed by atoms with Gasteiger partial charge in [0.15, 0.2) is 5.82 Å². The monoisotopic (exact) mass is 405 g/mol. The summed E-state index contributed by atoms with van der Waals surface area (Å²) in [7, 11) is 0. The van der Waals surface area contributed by atoms with E-state index in [1.54, 1.807) is 22.9 Å². The Bertz CT molecular complexity index is 945. The summed E-state index contributed by atoms with van der Waals surface area (Å²) in [6, 6.07) is 7.07. The maximum Gasteiger partial charge on any atom is 0.241 e. The van der Waals surface area contributed by atoms with Crippen LogP contribution < -0.4 is 4.90 Å². The zero-order valence-corrected chi connectivity index (χ0v) is 16.1. The Hall–Kier alpha value is -1.89. The van der Waals surface area contributed by atoms with Crippen molar-refractivity contribution in [2.45, 2.75) is 38.5 Å². The van der Waals surface area contributed by atoms with Gasteiger partial charge in [-0.05, 0) is 37.5 Å². The number of hydrogen-bond donors (Lipinski definition) is 0. The number of benzene rings is 1. The Morgan fingerprint density at radius 3 is 2.41 bits per heavy atom. The summed E-state index contributed by atoms with van der Waals surface area (Å²) in [5.74, 6) is -0.709. The normalized spacial score (nSPS) is 29.1. The summed E-state index contributed by atoms with van der Waals surface area (Å²) in [6.45, 7) is 2.32. The van der Waals surface area contributed by atoms with Crippen molar-refractivity contribution in [1.29, 1.82) is 0 Å². The fourth-order valence-corrected chi connectivity index (χ4v) is 4.98. The van der Waals surface area contributed by atoms with E-state index in [1.165, 1.54) is 4.90 Å². The second kappa shape index (κ2) is 6.06. The van der Waals surface area contributed by atoms with Gasteiger partial charge in [-0.15, -0.1) is 0 Å². The number of fused-ring (bicyclic) bond motifs is 5. The molecule has 4 heterocycles. The minimum Gasteiger partial charge on any atom is -0.373 e. The predicted molar refractivity (Wildman–Crippen MR) is 99.9 cm³/mol. The van der Waals surface area contributed by atoms with E-state index in [4.69, 9.17) is 27.9 Å². The van der Waals surface area contributed by atoms with Crippen LogP contribution in [0.3, 0.4) is 0 Å². The molecule has 27 heavy (non-hydrogen) atoms. The molecule has 4 atom stereocenters. The highest BCUT2D eigenvalue weighted by Crippen LogP contribution is 2.49. The van der Waals surface area contributed by atoms with Gasteiger partial charge in [0.1, 0.15) is 0 Å². The van der Waals surface area contributed by atoms with Crippen LogP contribution in [0.2, 0.25) is 10.0 Å². The van der Waals surface area contributed by atoms with Crippen molar-refractivity contribution in [3.8, 4) is 0 Å². The molecule has 2 bridgehead atoms. The lowest BCUT2D eigenvalue weighted by Crippen LogP contribution is -2.34. The van der Waals surface area contributed by atoms with E-state index in [1.807, 2.05) is 13.0 Å². The smallest absolute Gasteiger partial charge is 0.241 e. The lowest BCUT2D eigenvalue weighted by atomic mass is 9.81. The van der Waals surface area contributed by atoms with Crippen LogP contribution in [0.15, 0.2) is 24.3 Å². The zero-order chi connectivity index (χ0) is 18.9. The third-order valence-electron chi connectivity index (χ3n) is 5.82. The van der Waals surface area contributed by atoms with Crippen LogP contribution in [0.4, 0.5) is 5.82 Å². The topological polar surface area (TPSA) is 64.4 Å². The first kappa shape index (κ1) is 17.2. The van der Waals surface area contributed by atoms with E-state index in [0.717, 1.165) is 24.1 Å². The largest absolute Gasteiger partial charge is 0.373 e. The van der Waals surface area contributed by atoms with Crippen LogP contribution in [0.25, 0.3) is 0 Å². The SMILES string of the molecule is Cc1cc(N2C(=O)[C@@H]3[C@@H](C2=O)[C@@H]2CC[C@@H]3O2)nn1Cc1ccc(Cl)cc1Cl. The number of nitrogens with zero attached hydrogens (tertiary/aromatic N) is 3. The number of carbonyl (C=O) groups is 2. The lowest BCUT2D eigenvalue weighted by Gasteiger charge is -2.15. The maximum absolute atomic E-state index is 12.9. The minimum absolute atomic E-state index is 0.127. The molecule has 8 heteroatoms. The highest BCUT2D eigenvalue weighted by Gasteiger charge is 2.63. The number of aromatic nitrogens is 2. The van der Waals surface area contributed by atoms with Gasteiger partial charge in [-0.1, -0.05) is 29.3 Å². The molecule has 1 aromatic carbocycles. The highest BCUT2D eigenvalue weighted by atomic mass is 35.5. The Morgan fingerprint density at radius 2 is 1.78 bits per heavy atom. The van der Waals surface area contributed by atoms with Crippen LogP contribution in [0, 0.1) is 18.8 Å². The molecule has 0 N–H and O–H groups in total. The summed E-state index contributed by atoms with van der Waals surface area (Å²) in [5.41, 5.74) is 1.70. The number of anilines is 1. The molecule has 1 aromatic heterocycles. The fraction of sp³-hybridized carbons (Fsp3) is 0.421. The van der Waals surface area contributed by atoms with Crippen molar-refractivity contribution >= 4 is 40.8 Å². The number of ether oxygens (including phenoxy) is 1. The van der Waals surface area contributed by atoms with E-state index in [2.05, 4.69) is 5.10 Å². The zero-order valence-electron chi connectivity index (χ0n) is 14.6. The summed E-state index contributed by atoms with van der Waals surface area (Å²) in [5, 5.41) is 5.64. The quantitative estimate of drug-likeness (QED) is 0.735. The average molecular weight is 406 g/mol. The van der Waals surface area contributed by atoms with E-state index in [0.29, 0.717) is 22.4 Å². The van der Waals surface area contributed by atoms with E-state index < -0.39 is 0 Å². The van der Waals surface area contributed by atoms with Crippen molar-refractivity contribution in [1.82, 2.24) is 9.78 Å². The molecule has 0 aliphatic carbocycles. The van der Waals surface area contributed by atoms with Crippen LogP contribution >= 0.6 is 23.2 Å². The first-order valence-corrected chi connectivity index (χ1v) is 9.71. The molecule has 0 unspecified atom stereocenters. The van der Waals surface area contributed by atoms with Crippen LogP contribution in [-0.4, -0.2) is 33.8 Å². The van der Waals surface area contributed by atoms with Gasteiger partial charge in [-0.25, -0.2) is 4.90 Å². The fourth-order valence-electron chi connectivity index (χ4n) is 4.51. The molecule has 3 aliphatic heterocycles. The second-order valence-electron chi connectivity index (χ2n) is 7.39.